The molecule has 0 aliphatic carbocycles. The quantitative estimate of drug-likeness (QED) is 0.781. The third-order valence-corrected chi connectivity index (χ3v) is 2.41. The predicted molar refractivity (Wildman–Crippen MR) is 58.0 cm³/mol. The van der Waals surface area contributed by atoms with Gasteiger partial charge in [-0.3, -0.25) is 0 Å². The number of nitriles is 1. The van der Waals surface area contributed by atoms with Gasteiger partial charge in [-0.2, -0.15) is 23.5 Å². The van der Waals surface area contributed by atoms with E-state index in [9.17, 15) is 13.2 Å². The van der Waals surface area contributed by atoms with Crippen molar-refractivity contribution in [2.75, 3.05) is 0 Å². The fourth-order valence-corrected chi connectivity index (χ4v) is 1.55. The van der Waals surface area contributed by atoms with Gasteiger partial charge in [-0.1, -0.05) is 0 Å². The van der Waals surface area contributed by atoms with E-state index in [1.165, 1.54) is 10.7 Å². The number of aromatic nitrogens is 2. The van der Waals surface area contributed by atoms with Crippen LogP contribution in [0.5, 0.6) is 0 Å². The molecule has 0 aliphatic rings. The molecule has 0 unspecified atom stereocenters. The van der Waals surface area contributed by atoms with Gasteiger partial charge in [0.15, 0.2) is 0 Å². The Balaban J connectivity index is 2.55. The highest BCUT2D eigenvalue weighted by molar-refractivity contribution is 5.50. The van der Waals surface area contributed by atoms with Crippen molar-refractivity contribution in [1.29, 1.82) is 5.26 Å². The van der Waals surface area contributed by atoms with Crippen molar-refractivity contribution in [3.05, 3.63) is 47.3 Å². The number of benzene rings is 1. The third-order valence-electron chi connectivity index (χ3n) is 2.41. The minimum Gasteiger partial charge on any atom is -0.239 e. The summed E-state index contributed by atoms with van der Waals surface area (Å²) in [6, 6.07) is 6.47. The minimum atomic E-state index is -4.45. The lowest BCUT2D eigenvalue weighted by Crippen LogP contribution is -2.07. The van der Waals surface area contributed by atoms with E-state index < -0.39 is 11.7 Å². The first kappa shape index (κ1) is 12.2. The zero-order valence-electron chi connectivity index (χ0n) is 9.36. The number of halogens is 3. The largest absolute Gasteiger partial charge is 0.416 e. The Hall–Kier alpha value is -2.29. The molecule has 6 heteroatoms. The molecule has 0 bridgehead atoms. The van der Waals surface area contributed by atoms with Crippen LogP contribution in [0.15, 0.2) is 30.5 Å². The Morgan fingerprint density at radius 1 is 1.28 bits per heavy atom. The van der Waals surface area contributed by atoms with Crippen molar-refractivity contribution >= 4 is 0 Å². The number of rotatable bonds is 1. The van der Waals surface area contributed by atoms with E-state index in [1.54, 1.807) is 25.3 Å². The van der Waals surface area contributed by atoms with Gasteiger partial charge >= 0.3 is 6.18 Å². The Bertz CT molecular complexity index is 620. The average Bonchev–Trinajstić information content (AvgIpc) is 2.73. The molecule has 0 amide bonds. The fourth-order valence-electron chi connectivity index (χ4n) is 1.55. The summed E-state index contributed by atoms with van der Waals surface area (Å²) in [5.41, 5.74) is 0.150. The lowest BCUT2D eigenvalue weighted by Gasteiger charge is -2.09. The normalized spacial score (nSPS) is 11.3. The van der Waals surface area contributed by atoms with Crippen LogP contribution in [0, 0.1) is 18.3 Å². The zero-order chi connectivity index (χ0) is 13.3. The summed E-state index contributed by atoms with van der Waals surface area (Å²) in [5.74, 6) is 0. The molecule has 0 atom stereocenters. The number of hydrogen-bond donors (Lipinski definition) is 0. The van der Waals surface area contributed by atoms with E-state index in [1.807, 2.05) is 0 Å². The van der Waals surface area contributed by atoms with Crippen LogP contribution in [-0.2, 0) is 6.18 Å². The summed E-state index contributed by atoms with van der Waals surface area (Å²) in [6.07, 6.45) is -2.86. The Kier molecular flexibility index (Phi) is 2.83. The van der Waals surface area contributed by atoms with Gasteiger partial charge in [-0.25, -0.2) is 4.68 Å². The van der Waals surface area contributed by atoms with Gasteiger partial charge in [0.25, 0.3) is 0 Å². The van der Waals surface area contributed by atoms with Gasteiger partial charge in [0.05, 0.1) is 22.5 Å². The molecule has 18 heavy (non-hydrogen) atoms. The highest BCUT2D eigenvalue weighted by Crippen LogP contribution is 2.31. The van der Waals surface area contributed by atoms with Crippen molar-refractivity contribution in [3.8, 4) is 11.8 Å². The molecule has 3 nitrogen and oxygen atoms in total. The van der Waals surface area contributed by atoms with E-state index in [0.717, 1.165) is 17.8 Å². The maximum atomic E-state index is 12.5. The van der Waals surface area contributed by atoms with Crippen LogP contribution in [0.4, 0.5) is 13.2 Å². The van der Waals surface area contributed by atoms with Crippen molar-refractivity contribution in [2.45, 2.75) is 13.1 Å². The molecule has 1 heterocycles. The second-order valence-corrected chi connectivity index (χ2v) is 3.74. The van der Waals surface area contributed by atoms with Crippen LogP contribution >= 0.6 is 0 Å². The van der Waals surface area contributed by atoms with E-state index in [-0.39, 0.29) is 5.56 Å². The lowest BCUT2D eigenvalue weighted by atomic mass is 10.1. The third kappa shape index (κ3) is 2.20. The molecule has 1 aromatic heterocycles. The summed E-state index contributed by atoms with van der Waals surface area (Å²) in [5, 5.41) is 13.0. The summed E-state index contributed by atoms with van der Waals surface area (Å²) < 4.78 is 38.9. The number of aryl methyl sites for hydroxylation is 1. The molecule has 1 aromatic carbocycles. The summed E-state index contributed by atoms with van der Waals surface area (Å²) in [6.45, 7) is 1.76. The molecule has 0 spiro atoms. The van der Waals surface area contributed by atoms with Crippen molar-refractivity contribution in [3.63, 3.8) is 0 Å². The van der Waals surface area contributed by atoms with Crippen LogP contribution in [0.3, 0.4) is 0 Å². The Labute approximate surface area is 101 Å². The summed E-state index contributed by atoms with van der Waals surface area (Å²) >= 11 is 0. The molecule has 0 radical (unpaired) electrons. The van der Waals surface area contributed by atoms with Crippen LogP contribution in [0.2, 0.25) is 0 Å². The first-order valence-electron chi connectivity index (χ1n) is 5.06. The SMILES string of the molecule is Cc1ccn(-c2ccc(C(F)(F)F)cc2C#N)n1. The topological polar surface area (TPSA) is 41.6 Å². The van der Waals surface area contributed by atoms with E-state index in [2.05, 4.69) is 5.10 Å². The molecule has 92 valence electrons. The molecule has 0 saturated carbocycles. The van der Waals surface area contributed by atoms with Crippen molar-refractivity contribution < 1.29 is 13.2 Å². The molecule has 2 aromatic rings. The monoisotopic (exact) mass is 251 g/mol. The Morgan fingerprint density at radius 3 is 2.50 bits per heavy atom. The van der Waals surface area contributed by atoms with Gasteiger partial charge in [-0.15, -0.1) is 0 Å². The van der Waals surface area contributed by atoms with E-state index in [0.29, 0.717) is 5.69 Å². The van der Waals surface area contributed by atoms with Crippen LogP contribution in [0.1, 0.15) is 16.8 Å². The van der Waals surface area contributed by atoms with Gasteiger partial charge in [0.1, 0.15) is 6.07 Å². The first-order valence-corrected chi connectivity index (χ1v) is 5.06. The van der Waals surface area contributed by atoms with E-state index >= 15 is 0 Å². The smallest absolute Gasteiger partial charge is 0.239 e. The van der Waals surface area contributed by atoms with Crippen molar-refractivity contribution in [2.24, 2.45) is 0 Å². The molecular formula is C12H8F3N3. The zero-order valence-corrected chi connectivity index (χ0v) is 9.36. The molecular weight excluding hydrogens is 243 g/mol. The number of nitrogens with zero attached hydrogens (tertiary/aromatic N) is 3. The highest BCUT2D eigenvalue weighted by atomic mass is 19.4. The molecule has 0 fully saturated rings. The summed E-state index contributed by atoms with van der Waals surface area (Å²) in [4.78, 5) is 0. The predicted octanol–water partition coefficient (Wildman–Crippen LogP) is 3.07. The van der Waals surface area contributed by atoms with Crippen molar-refractivity contribution in [1.82, 2.24) is 9.78 Å². The van der Waals surface area contributed by atoms with Crippen LogP contribution in [-0.4, -0.2) is 9.78 Å². The maximum Gasteiger partial charge on any atom is 0.416 e. The molecule has 0 aliphatic heterocycles. The van der Waals surface area contributed by atoms with Gasteiger partial charge in [0, 0.05) is 6.20 Å². The first-order chi connectivity index (χ1) is 8.41. The maximum absolute atomic E-state index is 12.5. The van der Waals surface area contributed by atoms with Gasteiger partial charge in [0.2, 0.25) is 0 Å². The molecule has 0 saturated heterocycles. The van der Waals surface area contributed by atoms with Crippen LogP contribution in [0.25, 0.3) is 5.69 Å². The average molecular weight is 251 g/mol. The van der Waals surface area contributed by atoms with E-state index in [4.69, 9.17) is 5.26 Å². The Morgan fingerprint density at radius 2 is 2.00 bits per heavy atom. The minimum absolute atomic E-state index is 0.0621. The second-order valence-electron chi connectivity index (χ2n) is 3.74. The highest BCUT2D eigenvalue weighted by Gasteiger charge is 2.31. The fraction of sp³-hybridized carbons (Fsp3) is 0.167. The van der Waals surface area contributed by atoms with Crippen LogP contribution < -0.4 is 0 Å². The second kappa shape index (κ2) is 4.18. The molecule has 2 rings (SSSR count). The lowest BCUT2D eigenvalue weighted by molar-refractivity contribution is -0.137. The number of alkyl halides is 3. The summed E-state index contributed by atoms with van der Waals surface area (Å²) in [7, 11) is 0. The standard InChI is InChI=1S/C12H8F3N3/c1-8-4-5-18(17-8)11-3-2-10(12(13,14)15)6-9(11)7-16/h2-6H,1H3. The number of hydrogen-bond acceptors (Lipinski definition) is 2. The van der Waals surface area contributed by atoms with Gasteiger partial charge < -0.3 is 0 Å². The molecule has 0 N–H and O–H groups in total. The van der Waals surface area contributed by atoms with Gasteiger partial charge in [-0.05, 0) is 31.2 Å².